The Labute approximate surface area is 386 Å². The summed E-state index contributed by atoms with van der Waals surface area (Å²) in [6.07, 6.45) is 65.5. The van der Waals surface area contributed by atoms with Gasteiger partial charge in [-0.2, -0.15) is 0 Å². The second-order valence-corrected chi connectivity index (χ2v) is 18.1. The first-order valence-electron chi connectivity index (χ1n) is 27.2. The van der Waals surface area contributed by atoms with Crippen molar-refractivity contribution in [2.75, 3.05) is 19.8 Å². The molecule has 0 rings (SSSR count). The zero-order chi connectivity index (χ0) is 44.9. The van der Waals surface area contributed by atoms with Gasteiger partial charge in [-0.05, 0) is 57.8 Å². The number of unbranched alkanes of at least 4 members (excludes halogenated alkanes) is 31. The monoisotopic (exact) mass is 869 g/mol. The number of ether oxygens (including phenoxy) is 3. The van der Waals surface area contributed by atoms with Crippen molar-refractivity contribution >= 4 is 11.9 Å². The molecule has 5 nitrogen and oxygen atoms in total. The van der Waals surface area contributed by atoms with E-state index in [-0.39, 0.29) is 25.2 Å². The fraction of sp³-hybridized carbons (Fsp3) is 0.825. The molecule has 1 unspecified atom stereocenters. The second kappa shape index (κ2) is 53.2. The van der Waals surface area contributed by atoms with Crippen molar-refractivity contribution in [1.29, 1.82) is 0 Å². The van der Waals surface area contributed by atoms with Crippen molar-refractivity contribution in [3.63, 3.8) is 0 Å². The van der Waals surface area contributed by atoms with Crippen LogP contribution in [0.4, 0.5) is 0 Å². The Kier molecular flexibility index (Phi) is 51.4. The van der Waals surface area contributed by atoms with Crippen molar-refractivity contribution < 1.29 is 23.8 Å². The smallest absolute Gasteiger partial charge is 0.306 e. The molecule has 62 heavy (non-hydrogen) atoms. The van der Waals surface area contributed by atoms with E-state index in [1.54, 1.807) is 0 Å². The maximum atomic E-state index is 12.8. The minimum Gasteiger partial charge on any atom is -0.462 e. The Morgan fingerprint density at radius 2 is 0.726 bits per heavy atom. The lowest BCUT2D eigenvalue weighted by molar-refractivity contribution is -0.163. The van der Waals surface area contributed by atoms with Crippen LogP contribution in [-0.2, 0) is 23.8 Å². The average Bonchev–Trinajstić information content (AvgIpc) is 3.27. The first kappa shape index (κ1) is 59.9. The summed E-state index contributed by atoms with van der Waals surface area (Å²) in [4.78, 5) is 25.4. The molecule has 0 saturated carbocycles. The molecule has 0 aromatic rings. The predicted octanol–water partition coefficient (Wildman–Crippen LogP) is 18.3. The van der Waals surface area contributed by atoms with E-state index in [0.29, 0.717) is 19.4 Å². The van der Waals surface area contributed by atoms with Crippen molar-refractivity contribution in [3.05, 3.63) is 48.6 Å². The maximum absolute atomic E-state index is 12.8. The Balaban J connectivity index is 4.28. The van der Waals surface area contributed by atoms with Crippen LogP contribution in [0.15, 0.2) is 48.6 Å². The molecule has 0 fully saturated rings. The molecule has 0 spiro atoms. The van der Waals surface area contributed by atoms with Gasteiger partial charge in [-0.25, -0.2) is 0 Å². The molecule has 0 amide bonds. The van der Waals surface area contributed by atoms with Gasteiger partial charge in [0.15, 0.2) is 6.10 Å². The molecule has 5 heteroatoms. The number of carbonyl (C=O) groups excluding carboxylic acids is 2. The van der Waals surface area contributed by atoms with Crippen LogP contribution in [0.3, 0.4) is 0 Å². The fourth-order valence-electron chi connectivity index (χ4n) is 7.86. The predicted molar refractivity (Wildman–Crippen MR) is 270 cm³/mol. The minimum absolute atomic E-state index is 0.0736. The van der Waals surface area contributed by atoms with Crippen molar-refractivity contribution in [2.45, 2.75) is 284 Å². The van der Waals surface area contributed by atoms with Crippen molar-refractivity contribution in [1.82, 2.24) is 0 Å². The summed E-state index contributed by atoms with van der Waals surface area (Å²) in [6.45, 7) is 7.72. The summed E-state index contributed by atoms with van der Waals surface area (Å²) < 4.78 is 17.4. The zero-order valence-electron chi connectivity index (χ0n) is 41.6. The topological polar surface area (TPSA) is 61.8 Å². The van der Waals surface area contributed by atoms with Gasteiger partial charge in [0.05, 0.1) is 6.61 Å². The average molecular weight is 869 g/mol. The highest BCUT2D eigenvalue weighted by Crippen LogP contribution is 2.16. The molecular formula is C57H104O5. The molecule has 0 saturated heterocycles. The van der Waals surface area contributed by atoms with E-state index in [1.165, 1.54) is 173 Å². The summed E-state index contributed by atoms with van der Waals surface area (Å²) in [5.74, 6) is -0.429. The lowest BCUT2D eigenvalue weighted by Gasteiger charge is -2.18. The van der Waals surface area contributed by atoms with Crippen molar-refractivity contribution in [2.24, 2.45) is 0 Å². The molecule has 0 aromatic carbocycles. The molecule has 1 atom stereocenters. The highest BCUT2D eigenvalue weighted by molar-refractivity contribution is 5.70. The van der Waals surface area contributed by atoms with Crippen LogP contribution in [0.5, 0.6) is 0 Å². The summed E-state index contributed by atoms with van der Waals surface area (Å²) >= 11 is 0. The van der Waals surface area contributed by atoms with E-state index in [4.69, 9.17) is 14.2 Å². The van der Waals surface area contributed by atoms with Gasteiger partial charge < -0.3 is 14.2 Å². The number of rotatable bonds is 50. The van der Waals surface area contributed by atoms with E-state index < -0.39 is 6.10 Å². The second-order valence-electron chi connectivity index (χ2n) is 18.1. The Morgan fingerprint density at radius 1 is 0.371 bits per heavy atom. The molecule has 0 aromatic heterocycles. The Hall–Kier alpha value is -2.14. The van der Waals surface area contributed by atoms with E-state index in [1.807, 2.05) is 0 Å². The van der Waals surface area contributed by atoms with Crippen LogP contribution in [0.2, 0.25) is 0 Å². The first-order valence-corrected chi connectivity index (χ1v) is 27.2. The number of allylic oxidation sites excluding steroid dienone is 8. The van der Waals surface area contributed by atoms with Crippen molar-refractivity contribution in [3.8, 4) is 0 Å². The van der Waals surface area contributed by atoms with Crippen LogP contribution in [0.25, 0.3) is 0 Å². The molecule has 0 N–H and O–H groups in total. The molecule has 0 heterocycles. The van der Waals surface area contributed by atoms with Gasteiger partial charge in [-0.15, -0.1) is 0 Å². The van der Waals surface area contributed by atoms with E-state index in [0.717, 1.165) is 70.6 Å². The fourth-order valence-corrected chi connectivity index (χ4v) is 7.86. The summed E-state index contributed by atoms with van der Waals surface area (Å²) in [5.41, 5.74) is 0. The molecule has 0 aliphatic rings. The highest BCUT2D eigenvalue weighted by Gasteiger charge is 2.17. The van der Waals surface area contributed by atoms with Crippen LogP contribution in [-0.4, -0.2) is 37.9 Å². The Bertz CT molecular complexity index is 1030. The third-order valence-corrected chi connectivity index (χ3v) is 11.9. The minimum atomic E-state index is -0.553. The summed E-state index contributed by atoms with van der Waals surface area (Å²) in [5, 5.41) is 0. The standard InChI is InChI=1S/C57H104O5/c1-4-7-10-13-16-19-22-25-28-29-31-32-35-38-41-44-47-50-56(58)61-54-55(53-60-52-49-46-43-40-37-34-27-24-21-18-15-12-9-6-3)62-57(59)51-48-45-42-39-36-33-30-26-23-20-17-14-11-8-5-2/h8,11,17,20,26,30,36,39,55H,4-7,9-10,12-16,18-19,21-25,27-29,31-35,37-38,40-54H2,1-3H3/b11-8-,20-17-,30-26-,39-36-. The normalized spacial score (nSPS) is 12.5. The van der Waals surface area contributed by atoms with Crippen LogP contribution in [0.1, 0.15) is 278 Å². The third-order valence-electron chi connectivity index (χ3n) is 11.9. The number of esters is 2. The highest BCUT2D eigenvalue weighted by atomic mass is 16.6. The lowest BCUT2D eigenvalue weighted by Crippen LogP contribution is -2.30. The van der Waals surface area contributed by atoms with E-state index in [9.17, 15) is 9.59 Å². The Morgan fingerprint density at radius 3 is 1.16 bits per heavy atom. The molecular weight excluding hydrogens is 765 g/mol. The third kappa shape index (κ3) is 50.5. The van der Waals surface area contributed by atoms with Gasteiger partial charge in [0, 0.05) is 19.4 Å². The summed E-state index contributed by atoms with van der Waals surface area (Å²) in [6, 6.07) is 0. The molecule has 0 aliphatic heterocycles. The maximum Gasteiger partial charge on any atom is 0.306 e. The van der Waals surface area contributed by atoms with Crippen LogP contribution in [0, 0.1) is 0 Å². The van der Waals surface area contributed by atoms with Gasteiger partial charge in [-0.3, -0.25) is 9.59 Å². The molecule has 362 valence electrons. The quantitative estimate of drug-likeness (QED) is 0.0346. The van der Waals surface area contributed by atoms with Gasteiger partial charge in [-0.1, -0.05) is 256 Å². The van der Waals surface area contributed by atoms with Crippen LogP contribution < -0.4 is 0 Å². The van der Waals surface area contributed by atoms with Gasteiger partial charge in [0.25, 0.3) is 0 Å². The lowest BCUT2D eigenvalue weighted by atomic mass is 10.0. The largest absolute Gasteiger partial charge is 0.462 e. The number of hydrogen-bond donors (Lipinski definition) is 0. The van der Waals surface area contributed by atoms with Crippen LogP contribution >= 0.6 is 0 Å². The van der Waals surface area contributed by atoms with Gasteiger partial charge in [0.2, 0.25) is 0 Å². The number of carbonyl (C=O) groups is 2. The molecule has 0 bridgehead atoms. The zero-order valence-corrected chi connectivity index (χ0v) is 41.6. The first-order chi connectivity index (χ1) is 30.6. The number of hydrogen-bond acceptors (Lipinski definition) is 5. The van der Waals surface area contributed by atoms with Gasteiger partial charge >= 0.3 is 11.9 Å². The SMILES string of the molecule is CC/C=C\C/C=C\C/C=C\C/C=C\CCCCC(=O)OC(COCCCCCCCCCCCCCCCC)COC(=O)CCCCCCCCCCCCCCCCCCC. The molecule has 0 aliphatic carbocycles. The summed E-state index contributed by atoms with van der Waals surface area (Å²) in [7, 11) is 0. The van der Waals surface area contributed by atoms with Gasteiger partial charge in [0.1, 0.15) is 6.61 Å². The molecule has 0 radical (unpaired) electrons. The van der Waals surface area contributed by atoms with E-state index >= 15 is 0 Å². The van der Waals surface area contributed by atoms with E-state index in [2.05, 4.69) is 69.4 Å².